The number of benzene rings is 1. The van der Waals surface area contributed by atoms with Crippen molar-refractivity contribution in [1.82, 2.24) is 10.6 Å². The topological polar surface area (TPSA) is 104 Å². The van der Waals surface area contributed by atoms with Gasteiger partial charge in [0.1, 0.15) is 0 Å². The Balaban J connectivity index is 1.46. The van der Waals surface area contributed by atoms with Crippen LogP contribution in [0.3, 0.4) is 0 Å². The molecule has 2 aliphatic heterocycles. The molecule has 0 saturated carbocycles. The van der Waals surface area contributed by atoms with Crippen molar-refractivity contribution >= 4 is 39.1 Å². The fourth-order valence-corrected chi connectivity index (χ4v) is 6.11. The molecule has 0 aliphatic carbocycles. The van der Waals surface area contributed by atoms with Crippen molar-refractivity contribution in [1.29, 1.82) is 0 Å². The Labute approximate surface area is 157 Å². The lowest BCUT2D eigenvalue weighted by atomic mass is 10.0. The van der Waals surface area contributed by atoms with E-state index < -0.39 is 15.1 Å². The summed E-state index contributed by atoms with van der Waals surface area (Å²) in [4.78, 5) is 23.4. The molecule has 3 rings (SSSR count). The lowest BCUT2D eigenvalue weighted by Crippen LogP contribution is -2.39. The third-order valence-corrected chi connectivity index (χ3v) is 7.44. The number of carbonyl (C=O) groups excluding carboxylic acids is 2. The van der Waals surface area contributed by atoms with Gasteiger partial charge >= 0.3 is 6.03 Å². The molecule has 2 heterocycles. The van der Waals surface area contributed by atoms with Gasteiger partial charge in [0.25, 0.3) is 0 Å². The summed E-state index contributed by atoms with van der Waals surface area (Å²) in [6.45, 7) is 1.87. The number of rotatable bonds is 6. The molecule has 1 aromatic rings. The molecule has 7 nitrogen and oxygen atoms in total. The number of halogens is 1. The van der Waals surface area contributed by atoms with E-state index in [1.54, 1.807) is 18.2 Å². The summed E-state index contributed by atoms with van der Waals surface area (Å²) in [7, 11) is -3.22. The van der Waals surface area contributed by atoms with Crippen LogP contribution < -0.4 is 16.0 Å². The SMILES string of the molecule is Cc1cc(Cl)ccc1NC(=O)CCCC[C@@H]1[C@@H]2NC(=O)N[C@@H]2CS1(=O)=O. The van der Waals surface area contributed by atoms with Gasteiger partial charge in [0.2, 0.25) is 5.91 Å². The quantitative estimate of drug-likeness (QED) is 0.502. The van der Waals surface area contributed by atoms with Gasteiger partial charge in [-0.1, -0.05) is 18.0 Å². The molecule has 9 heteroatoms. The van der Waals surface area contributed by atoms with Gasteiger partial charge in [0.05, 0.1) is 23.1 Å². The molecule has 0 unspecified atom stereocenters. The summed E-state index contributed by atoms with van der Waals surface area (Å²) < 4.78 is 24.5. The van der Waals surface area contributed by atoms with Crippen molar-refractivity contribution in [3.63, 3.8) is 0 Å². The Morgan fingerprint density at radius 2 is 2.08 bits per heavy atom. The van der Waals surface area contributed by atoms with Crippen molar-refractivity contribution in [2.75, 3.05) is 11.1 Å². The molecule has 0 spiro atoms. The predicted molar refractivity (Wildman–Crippen MR) is 100 cm³/mol. The molecule has 3 amide bonds. The number of unbranched alkanes of at least 4 members (excludes halogenated alkanes) is 1. The summed E-state index contributed by atoms with van der Waals surface area (Å²) >= 11 is 5.90. The fourth-order valence-electron chi connectivity index (χ4n) is 3.62. The highest BCUT2D eigenvalue weighted by Crippen LogP contribution is 2.28. The van der Waals surface area contributed by atoms with E-state index >= 15 is 0 Å². The first-order chi connectivity index (χ1) is 12.3. The van der Waals surface area contributed by atoms with Gasteiger partial charge in [0, 0.05) is 17.1 Å². The number of anilines is 1. The van der Waals surface area contributed by atoms with E-state index in [2.05, 4.69) is 16.0 Å². The van der Waals surface area contributed by atoms with E-state index in [4.69, 9.17) is 11.6 Å². The van der Waals surface area contributed by atoms with Gasteiger partial charge in [-0.25, -0.2) is 13.2 Å². The number of nitrogens with one attached hydrogen (secondary N) is 3. The van der Waals surface area contributed by atoms with Crippen molar-refractivity contribution < 1.29 is 18.0 Å². The lowest BCUT2D eigenvalue weighted by molar-refractivity contribution is -0.116. The fraction of sp³-hybridized carbons (Fsp3) is 0.529. The molecule has 3 N–H and O–H groups in total. The van der Waals surface area contributed by atoms with E-state index in [-0.39, 0.29) is 29.8 Å². The lowest BCUT2D eigenvalue weighted by Gasteiger charge is -2.16. The van der Waals surface area contributed by atoms with Gasteiger partial charge in [0.15, 0.2) is 9.84 Å². The minimum Gasteiger partial charge on any atom is -0.332 e. The number of urea groups is 1. The minimum atomic E-state index is -3.22. The van der Waals surface area contributed by atoms with Crippen LogP contribution in [0.15, 0.2) is 18.2 Å². The minimum absolute atomic E-state index is 0.0165. The molecule has 142 valence electrons. The van der Waals surface area contributed by atoms with E-state index in [0.717, 1.165) is 11.3 Å². The zero-order valence-electron chi connectivity index (χ0n) is 14.4. The van der Waals surface area contributed by atoms with Crippen LogP contribution in [0.25, 0.3) is 0 Å². The van der Waals surface area contributed by atoms with Crippen molar-refractivity contribution in [3.05, 3.63) is 28.8 Å². The average molecular weight is 400 g/mol. The second-order valence-corrected chi connectivity index (χ2v) is 9.57. The molecule has 0 aromatic heterocycles. The molecular weight excluding hydrogens is 378 g/mol. The molecule has 0 bridgehead atoms. The first kappa shape index (κ1) is 19.0. The first-order valence-corrected chi connectivity index (χ1v) is 10.7. The highest BCUT2D eigenvalue weighted by molar-refractivity contribution is 7.92. The highest BCUT2D eigenvalue weighted by atomic mass is 35.5. The third kappa shape index (κ3) is 4.12. The van der Waals surface area contributed by atoms with Crippen molar-refractivity contribution in [3.8, 4) is 0 Å². The van der Waals surface area contributed by atoms with Crippen LogP contribution in [0, 0.1) is 6.92 Å². The van der Waals surface area contributed by atoms with E-state index in [9.17, 15) is 18.0 Å². The third-order valence-electron chi connectivity index (χ3n) is 4.93. The summed E-state index contributed by atoms with van der Waals surface area (Å²) in [5.74, 6) is -0.129. The molecule has 2 fully saturated rings. The number of aryl methyl sites for hydroxylation is 1. The van der Waals surface area contributed by atoms with Crippen LogP contribution in [0.5, 0.6) is 0 Å². The molecule has 0 radical (unpaired) electrons. The number of fused-ring (bicyclic) bond motifs is 1. The Morgan fingerprint density at radius 3 is 2.81 bits per heavy atom. The van der Waals surface area contributed by atoms with Crippen LogP contribution in [0.2, 0.25) is 5.02 Å². The van der Waals surface area contributed by atoms with Crippen LogP contribution in [0.4, 0.5) is 10.5 Å². The first-order valence-electron chi connectivity index (χ1n) is 8.61. The van der Waals surface area contributed by atoms with Crippen LogP contribution in [-0.4, -0.2) is 43.4 Å². The maximum Gasteiger partial charge on any atom is 0.315 e. The van der Waals surface area contributed by atoms with E-state index in [0.29, 0.717) is 30.7 Å². The summed E-state index contributed by atoms with van der Waals surface area (Å²) in [5, 5.41) is 8.22. The zero-order valence-corrected chi connectivity index (χ0v) is 16.0. The number of hydrogen-bond acceptors (Lipinski definition) is 4. The Hall–Kier alpha value is -1.80. The molecule has 3 atom stereocenters. The number of hydrogen-bond donors (Lipinski definition) is 3. The zero-order chi connectivity index (χ0) is 18.9. The number of sulfone groups is 1. The van der Waals surface area contributed by atoms with E-state index in [1.165, 1.54) is 0 Å². The molecule has 26 heavy (non-hydrogen) atoms. The van der Waals surface area contributed by atoms with Crippen molar-refractivity contribution in [2.45, 2.75) is 49.9 Å². The smallest absolute Gasteiger partial charge is 0.315 e. The van der Waals surface area contributed by atoms with E-state index in [1.807, 2.05) is 6.92 Å². The second kappa shape index (κ2) is 7.44. The Morgan fingerprint density at radius 1 is 1.31 bits per heavy atom. The van der Waals surface area contributed by atoms with Crippen LogP contribution in [-0.2, 0) is 14.6 Å². The second-order valence-electron chi connectivity index (χ2n) is 6.87. The Kier molecular flexibility index (Phi) is 5.43. The molecule has 2 aliphatic rings. The molecule has 1 aromatic carbocycles. The monoisotopic (exact) mass is 399 g/mol. The average Bonchev–Trinajstić information content (AvgIpc) is 2.99. The maximum atomic E-state index is 12.2. The van der Waals surface area contributed by atoms with Gasteiger partial charge in [-0.2, -0.15) is 0 Å². The normalized spacial score (nSPS) is 26.1. The van der Waals surface area contributed by atoms with Gasteiger partial charge in [-0.05, 0) is 43.5 Å². The molecular formula is C17H22ClN3O4S. The summed E-state index contributed by atoms with van der Waals surface area (Å²) in [6, 6.07) is 4.25. The van der Waals surface area contributed by atoms with Crippen LogP contribution >= 0.6 is 11.6 Å². The predicted octanol–water partition coefficient (Wildman–Crippen LogP) is 1.99. The highest BCUT2D eigenvalue weighted by Gasteiger charge is 2.51. The largest absolute Gasteiger partial charge is 0.332 e. The van der Waals surface area contributed by atoms with Gasteiger partial charge in [-0.15, -0.1) is 0 Å². The molecule has 2 saturated heterocycles. The van der Waals surface area contributed by atoms with Crippen LogP contribution in [0.1, 0.15) is 31.2 Å². The van der Waals surface area contributed by atoms with Crippen molar-refractivity contribution in [2.24, 2.45) is 0 Å². The standard InChI is InChI=1S/C17H22ClN3O4S/c1-10-8-11(18)6-7-12(10)19-15(22)5-3-2-4-14-16-13(9-26(14,24)25)20-17(23)21-16/h6-8,13-14,16H,2-5,9H2,1H3,(H,19,22)(H2,20,21,23)/t13-,14-,16-/m1/s1. The maximum absolute atomic E-state index is 12.2. The van der Waals surface area contributed by atoms with Gasteiger partial charge < -0.3 is 16.0 Å². The van der Waals surface area contributed by atoms with Gasteiger partial charge in [-0.3, -0.25) is 4.79 Å². The number of amides is 3. The summed E-state index contributed by atoms with van der Waals surface area (Å²) in [5.41, 5.74) is 1.61. The summed E-state index contributed by atoms with van der Waals surface area (Å²) in [6.07, 6.45) is 1.95. The number of carbonyl (C=O) groups is 2. The Bertz CT molecular complexity index is 827.